The second-order valence-electron chi connectivity index (χ2n) is 9.94. The van der Waals surface area contributed by atoms with E-state index in [9.17, 15) is 28.8 Å². The number of unbranched alkanes of at least 4 members (excludes halogenated alkanes) is 2. The largest absolute Gasteiger partial charge is 0.352 e. The fourth-order valence-electron chi connectivity index (χ4n) is 4.03. The Balaban J connectivity index is 1.90. The van der Waals surface area contributed by atoms with E-state index in [2.05, 4.69) is 28.2 Å². The maximum Gasteiger partial charge on any atom is 0.312 e. The molecule has 6 N–H and O–H groups in total. The fraction of sp³-hybridized carbons (Fsp3) is 0.464. The van der Waals surface area contributed by atoms with Crippen LogP contribution in [-0.4, -0.2) is 65.6 Å². The molecule has 0 aromatic heterocycles. The average Bonchev–Trinajstić information content (AvgIpc) is 3.21. The molecule has 2 rings (SSSR count). The molecule has 1 aliphatic heterocycles. The van der Waals surface area contributed by atoms with E-state index in [4.69, 9.17) is 5.73 Å². The van der Waals surface area contributed by atoms with Crippen molar-refractivity contribution in [3.63, 3.8) is 0 Å². The van der Waals surface area contributed by atoms with Gasteiger partial charge in [0.2, 0.25) is 17.7 Å². The smallest absolute Gasteiger partial charge is 0.312 e. The van der Waals surface area contributed by atoms with E-state index in [1.807, 2.05) is 0 Å². The molecule has 1 radical (unpaired) electrons. The molecule has 1 aromatic carbocycles. The number of hydrogen-bond acceptors (Lipinski definition) is 6. The summed E-state index contributed by atoms with van der Waals surface area (Å²) in [5, 5.41) is 10.7. The summed E-state index contributed by atoms with van der Waals surface area (Å²) in [4.78, 5) is 74.1. The minimum atomic E-state index is -0.926. The van der Waals surface area contributed by atoms with Crippen LogP contribution in [0.1, 0.15) is 57.9 Å². The first kappa shape index (κ1) is 32.0. The SMILES string of the molecule is [CH2]c1ccc(NC(=O)[C@@H](CCCNC(N)=O)NC(=O)[C@@H](NC(=O)CCCCCN2C(=O)C=CC2=O)C(C)C)cc1. The Bertz CT molecular complexity index is 1080. The Morgan fingerprint density at radius 3 is 2.15 bits per heavy atom. The molecule has 0 spiro atoms. The maximum atomic E-state index is 13.2. The minimum absolute atomic E-state index is 0.168. The van der Waals surface area contributed by atoms with Gasteiger partial charge in [0.15, 0.2) is 0 Å². The van der Waals surface area contributed by atoms with E-state index in [1.165, 1.54) is 12.2 Å². The molecular formula is C28H39N6O6. The summed E-state index contributed by atoms with van der Waals surface area (Å²) >= 11 is 0. The number of hydrogen-bond donors (Lipinski definition) is 5. The number of carbonyl (C=O) groups is 6. The van der Waals surface area contributed by atoms with Crippen LogP contribution in [0.4, 0.5) is 10.5 Å². The van der Waals surface area contributed by atoms with Crippen LogP contribution in [0, 0.1) is 12.8 Å². The molecule has 40 heavy (non-hydrogen) atoms. The summed E-state index contributed by atoms with van der Waals surface area (Å²) in [6.07, 6.45) is 4.95. The third kappa shape index (κ3) is 10.9. The third-order valence-corrected chi connectivity index (χ3v) is 6.27. The Kier molecular flexibility index (Phi) is 12.8. The number of carbonyl (C=O) groups excluding carboxylic acids is 6. The Morgan fingerprint density at radius 1 is 0.900 bits per heavy atom. The van der Waals surface area contributed by atoms with Gasteiger partial charge in [0.25, 0.3) is 11.8 Å². The van der Waals surface area contributed by atoms with E-state index in [1.54, 1.807) is 38.1 Å². The van der Waals surface area contributed by atoms with E-state index in [0.29, 0.717) is 37.9 Å². The lowest BCUT2D eigenvalue weighted by Crippen LogP contribution is -2.54. The van der Waals surface area contributed by atoms with Crippen LogP contribution in [0.15, 0.2) is 36.4 Å². The highest BCUT2D eigenvalue weighted by Gasteiger charge is 2.29. The standard InChI is InChI=1S/C28H39N6O6/c1-18(2)25(33-22(35)9-5-4-6-17-34-23(36)14-15-24(34)37)27(39)32-21(8-7-16-30-28(29)40)26(38)31-20-12-10-19(3)11-13-20/h10-15,18,21,25H,3-9,16-17H2,1-2H3,(H,31,38)(H,32,39)(H,33,35)(H3,29,30,40)/t21-,25+/m1/s1. The zero-order chi connectivity index (χ0) is 29.7. The quantitative estimate of drug-likeness (QED) is 0.152. The number of benzene rings is 1. The van der Waals surface area contributed by atoms with Gasteiger partial charge in [0.05, 0.1) is 0 Å². The highest BCUT2D eigenvalue weighted by molar-refractivity contribution is 6.12. The third-order valence-electron chi connectivity index (χ3n) is 6.27. The number of nitrogens with two attached hydrogens (primary N) is 1. The van der Waals surface area contributed by atoms with Gasteiger partial charge < -0.3 is 27.0 Å². The first-order chi connectivity index (χ1) is 19.0. The molecule has 1 aromatic rings. The number of amides is 7. The summed E-state index contributed by atoms with van der Waals surface area (Å²) < 4.78 is 0. The van der Waals surface area contributed by atoms with Crippen molar-refractivity contribution >= 4 is 41.3 Å². The van der Waals surface area contributed by atoms with E-state index in [0.717, 1.165) is 10.5 Å². The van der Waals surface area contributed by atoms with Crippen molar-refractivity contribution in [3.05, 3.63) is 48.9 Å². The lowest BCUT2D eigenvalue weighted by atomic mass is 10.0. The Labute approximate surface area is 234 Å². The van der Waals surface area contributed by atoms with Crippen molar-refractivity contribution in [2.24, 2.45) is 11.7 Å². The predicted molar refractivity (Wildman–Crippen MR) is 149 cm³/mol. The first-order valence-corrected chi connectivity index (χ1v) is 13.4. The lowest BCUT2D eigenvalue weighted by molar-refractivity contribution is -0.137. The van der Waals surface area contributed by atoms with Crippen molar-refractivity contribution < 1.29 is 28.8 Å². The number of rotatable bonds is 16. The highest BCUT2D eigenvalue weighted by Crippen LogP contribution is 2.12. The number of anilines is 1. The molecule has 217 valence electrons. The van der Waals surface area contributed by atoms with Crippen LogP contribution in [0.2, 0.25) is 0 Å². The molecule has 7 amide bonds. The molecule has 12 nitrogen and oxygen atoms in total. The molecular weight excluding hydrogens is 516 g/mol. The van der Waals surface area contributed by atoms with Gasteiger partial charge in [-0.3, -0.25) is 28.9 Å². The van der Waals surface area contributed by atoms with Crippen LogP contribution in [0.5, 0.6) is 0 Å². The second-order valence-corrected chi connectivity index (χ2v) is 9.94. The minimum Gasteiger partial charge on any atom is -0.352 e. The number of nitrogens with one attached hydrogen (secondary N) is 4. The van der Waals surface area contributed by atoms with Crippen LogP contribution < -0.4 is 27.0 Å². The molecule has 12 heteroatoms. The number of imide groups is 1. The molecule has 0 saturated carbocycles. The molecule has 0 saturated heterocycles. The van der Waals surface area contributed by atoms with Crippen molar-refractivity contribution in [1.29, 1.82) is 0 Å². The number of primary amides is 1. The van der Waals surface area contributed by atoms with E-state index < -0.39 is 29.9 Å². The monoisotopic (exact) mass is 555 g/mol. The van der Waals surface area contributed by atoms with Gasteiger partial charge in [-0.25, -0.2) is 4.79 Å². The van der Waals surface area contributed by atoms with E-state index >= 15 is 0 Å². The number of nitrogens with zero attached hydrogens (tertiary/aromatic N) is 1. The highest BCUT2D eigenvalue weighted by atomic mass is 16.2. The zero-order valence-electron chi connectivity index (χ0n) is 23.0. The molecule has 1 heterocycles. The van der Waals surface area contributed by atoms with Gasteiger partial charge >= 0.3 is 6.03 Å². The summed E-state index contributed by atoms with van der Waals surface area (Å²) in [5.41, 5.74) is 6.42. The van der Waals surface area contributed by atoms with Crippen LogP contribution in [0.3, 0.4) is 0 Å². The summed E-state index contributed by atoms with van der Waals surface area (Å²) in [6, 6.07) is 4.40. The summed E-state index contributed by atoms with van der Waals surface area (Å²) in [6.45, 7) is 7.90. The van der Waals surface area contributed by atoms with Crippen LogP contribution >= 0.6 is 0 Å². The van der Waals surface area contributed by atoms with Gasteiger partial charge in [-0.1, -0.05) is 32.4 Å². The predicted octanol–water partition coefficient (Wildman–Crippen LogP) is 1.37. The average molecular weight is 556 g/mol. The van der Waals surface area contributed by atoms with Gasteiger partial charge in [-0.05, 0) is 56.2 Å². The van der Waals surface area contributed by atoms with Gasteiger partial charge in [-0.15, -0.1) is 0 Å². The molecule has 0 fully saturated rings. The second kappa shape index (κ2) is 16.0. The number of urea groups is 1. The van der Waals surface area contributed by atoms with Crippen LogP contribution in [-0.2, 0) is 24.0 Å². The summed E-state index contributed by atoms with van der Waals surface area (Å²) in [7, 11) is 0. The Hall–Kier alpha value is -4.22. The molecule has 1 aliphatic rings. The zero-order valence-corrected chi connectivity index (χ0v) is 23.0. The lowest BCUT2D eigenvalue weighted by Gasteiger charge is -2.25. The summed E-state index contributed by atoms with van der Waals surface area (Å²) in [5.74, 6) is -2.18. The topological polar surface area (TPSA) is 180 Å². The maximum absolute atomic E-state index is 13.2. The fourth-order valence-corrected chi connectivity index (χ4v) is 4.03. The molecule has 0 unspecified atom stereocenters. The molecule has 2 atom stereocenters. The van der Waals surface area contributed by atoms with Gasteiger partial charge in [0, 0.05) is 37.3 Å². The van der Waals surface area contributed by atoms with E-state index in [-0.39, 0.29) is 43.0 Å². The molecule has 0 bridgehead atoms. The van der Waals surface area contributed by atoms with Gasteiger partial charge in [0.1, 0.15) is 12.1 Å². The van der Waals surface area contributed by atoms with Crippen molar-refractivity contribution in [2.45, 2.75) is 64.5 Å². The van der Waals surface area contributed by atoms with Gasteiger partial charge in [-0.2, -0.15) is 0 Å². The normalized spacial score (nSPS) is 14.2. The van der Waals surface area contributed by atoms with Crippen molar-refractivity contribution in [3.8, 4) is 0 Å². The first-order valence-electron chi connectivity index (χ1n) is 13.4. The van der Waals surface area contributed by atoms with Crippen LogP contribution in [0.25, 0.3) is 0 Å². The van der Waals surface area contributed by atoms with Crippen molar-refractivity contribution in [2.75, 3.05) is 18.4 Å². The van der Waals surface area contributed by atoms with Crippen molar-refractivity contribution in [1.82, 2.24) is 20.9 Å². The molecule has 0 aliphatic carbocycles. The Morgan fingerprint density at radius 2 is 1.55 bits per heavy atom.